The van der Waals surface area contributed by atoms with Crippen molar-refractivity contribution >= 4 is 27.8 Å². The van der Waals surface area contributed by atoms with Gasteiger partial charge in [-0.3, -0.25) is 14.6 Å². The number of aromatic nitrogens is 1. The Morgan fingerprint density at radius 2 is 1.80 bits per heavy atom. The number of benzene rings is 3. The van der Waals surface area contributed by atoms with Crippen molar-refractivity contribution in [1.29, 1.82) is 0 Å². The van der Waals surface area contributed by atoms with Crippen LogP contribution in [0.25, 0.3) is 33.2 Å². The van der Waals surface area contributed by atoms with Gasteiger partial charge in [0.1, 0.15) is 28.2 Å². The number of nitrogens with zero attached hydrogens (tertiary/aromatic N) is 1. The van der Waals surface area contributed by atoms with Gasteiger partial charge in [0.25, 0.3) is 0 Å². The third-order valence-corrected chi connectivity index (χ3v) is 6.03. The van der Waals surface area contributed by atoms with Gasteiger partial charge in [-0.15, -0.1) is 0 Å². The van der Waals surface area contributed by atoms with Crippen molar-refractivity contribution in [3.63, 3.8) is 0 Å². The highest BCUT2D eigenvalue weighted by molar-refractivity contribution is 5.91. The van der Waals surface area contributed by atoms with E-state index in [0.29, 0.717) is 11.1 Å². The summed E-state index contributed by atoms with van der Waals surface area (Å²) in [5, 5.41) is 22.3. The number of phenolic OH excluding ortho intramolecular Hbond substituents is 2. The number of esters is 1. The Balaban J connectivity index is 1.81. The molecule has 0 aliphatic heterocycles. The summed E-state index contributed by atoms with van der Waals surface area (Å²) >= 11 is 0. The molecule has 2 heterocycles. The van der Waals surface area contributed by atoms with Crippen LogP contribution in [0.1, 0.15) is 23.5 Å². The molecule has 5 aromatic rings. The van der Waals surface area contributed by atoms with Gasteiger partial charge >= 0.3 is 5.97 Å². The topological polar surface area (TPSA) is 110 Å². The van der Waals surface area contributed by atoms with E-state index in [0.717, 1.165) is 17.0 Å². The molecule has 35 heavy (non-hydrogen) atoms. The fourth-order valence-electron chi connectivity index (χ4n) is 4.35. The number of carbonyl (C=O) groups is 1. The zero-order valence-corrected chi connectivity index (χ0v) is 18.8. The van der Waals surface area contributed by atoms with Crippen LogP contribution >= 0.6 is 0 Å². The Kier molecular flexibility index (Phi) is 5.66. The molecule has 7 heteroatoms. The molecule has 174 valence electrons. The predicted molar refractivity (Wildman–Crippen MR) is 131 cm³/mol. The molecular formula is C28H21NO6. The molecule has 0 aliphatic rings. The lowest BCUT2D eigenvalue weighted by atomic mass is 9.86. The molecule has 2 N–H and O–H groups in total. The van der Waals surface area contributed by atoms with Crippen LogP contribution in [0.2, 0.25) is 0 Å². The van der Waals surface area contributed by atoms with E-state index in [9.17, 15) is 19.8 Å². The molecule has 3 aromatic carbocycles. The van der Waals surface area contributed by atoms with Crippen molar-refractivity contribution in [1.82, 2.24) is 4.98 Å². The third-order valence-electron chi connectivity index (χ3n) is 6.03. The third kappa shape index (κ3) is 4.08. The Hall–Kier alpha value is -4.65. The second-order valence-electron chi connectivity index (χ2n) is 8.16. The van der Waals surface area contributed by atoms with E-state index in [4.69, 9.17) is 9.15 Å². The van der Waals surface area contributed by atoms with Gasteiger partial charge in [0, 0.05) is 40.8 Å². The van der Waals surface area contributed by atoms with Gasteiger partial charge in [0.15, 0.2) is 5.43 Å². The van der Waals surface area contributed by atoms with Gasteiger partial charge in [-0.2, -0.15) is 0 Å². The molecule has 0 unspecified atom stereocenters. The largest absolute Gasteiger partial charge is 0.507 e. The molecule has 0 saturated carbocycles. The number of fused-ring (bicyclic) bond motifs is 2. The van der Waals surface area contributed by atoms with Gasteiger partial charge in [-0.1, -0.05) is 42.5 Å². The Morgan fingerprint density at radius 3 is 2.57 bits per heavy atom. The summed E-state index contributed by atoms with van der Waals surface area (Å²) in [4.78, 5) is 29.8. The summed E-state index contributed by atoms with van der Waals surface area (Å²) in [6.07, 6.45) is 1.56. The standard InChI is InChI=1S/C28H21NO6/c1-34-25(33)13-19(17-9-10-20-18(12-17)8-5-11-29-20)26-21(30)14-22(31)27-23(32)15-24(35-28(26)27)16-6-3-2-4-7-16/h2-12,14-15,19,30-31H,13H2,1H3/t19-/m0/s1. The van der Waals surface area contributed by atoms with Gasteiger partial charge in [0.2, 0.25) is 0 Å². The molecule has 0 amide bonds. The SMILES string of the molecule is COC(=O)C[C@@H](c1ccc2ncccc2c1)c1c(O)cc(O)c2c(=O)cc(-c3ccccc3)oc12. The molecule has 0 radical (unpaired) electrons. The maximum Gasteiger partial charge on any atom is 0.306 e. The van der Waals surface area contributed by atoms with E-state index in [1.807, 2.05) is 36.4 Å². The lowest BCUT2D eigenvalue weighted by Gasteiger charge is -2.20. The van der Waals surface area contributed by atoms with Crippen molar-refractivity contribution in [2.45, 2.75) is 12.3 Å². The van der Waals surface area contributed by atoms with Crippen LogP contribution in [0.4, 0.5) is 0 Å². The predicted octanol–water partition coefficient (Wildman–Crippen LogP) is 5.11. The highest BCUT2D eigenvalue weighted by Crippen LogP contribution is 2.43. The summed E-state index contributed by atoms with van der Waals surface area (Å²) in [6, 6.07) is 20.6. The lowest BCUT2D eigenvalue weighted by molar-refractivity contribution is -0.140. The first-order chi connectivity index (χ1) is 17.0. The number of hydrogen-bond acceptors (Lipinski definition) is 7. The molecule has 0 bridgehead atoms. The van der Waals surface area contributed by atoms with E-state index < -0.39 is 23.1 Å². The van der Waals surface area contributed by atoms with E-state index >= 15 is 0 Å². The first kappa shape index (κ1) is 22.2. The molecule has 0 aliphatic carbocycles. The van der Waals surface area contributed by atoms with Crippen LogP contribution in [-0.2, 0) is 9.53 Å². The summed E-state index contributed by atoms with van der Waals surface area (Å²) in [5.74, 6) is -1.68. The number of phenols is 2. The first-order valence-corrected chi connectivity index (χ1v) is 11.0. The van der Waals surface area contributed by atoms with Gasteiger partial charge in [-0.05, 0) is 23.8 Å². The molecule has 5 rings (SSSR count). The average Bonchev–Trinajstić information content (AvgIpc) is 2.87. The Morgan fingerprint density at radius 1 is 1.00 bits per heavy atom. The quantitative estimate of drug-likeness (QED) is 0.346. The summed E-state index contributed by atoms with van der Waals surface area (Å²) in [7, 11) is 1.28. The average molecular weight is 467 g/mol. The molecule has 0 fully saturated rings. The normalized spacial score (nSPS) is 12.0. The lowest BCUT2D eigenvalue weighted by Crippen LogP contribution is -2.12. The first-order valence-electron chi connectivity index (χ1n) is 11.0. The second-order valence-corrected chi connectivity index (χ2v) is 8.16. The molecule has 1 atom stereocenters. The second kappa shape index (κ2) is 8.95. The van der Waals surface area contributed by atoms with E-state index in [2.05, 4.69) is 4.98 Å². The van der Waals surface area contributed by atoms with Crippen molar-refractivity contribution in [2.24, 2.45) is 0 Å². The minimum absolute atomic E-state index is 0.00837. The van der Waals surface area contributed by atoms with Gasteiger partial charge in [0.05, 0.1) is 19.0 Å². The monoisotopic (exact) mass is 467 g/mol. The van der Waals surface area contributed by atoms with E-state index in [-0.39, 0.29) is 34.5 Å². The number of ether oxygens (including phenoxy) is 1. The van der Waals surface area contributed by atoms with Crippen LogP contribution in [0.5, 0.6) is 11.5 Å². The number of rotatable bonds is 5. The highest BCUT2D eigenvalue weighted by Gasteiger charge is 2.28. The zero-order chi connectivity index (χ0) is 24.5. The molecule has 0 spiro atoms. The zero-order valence-electron chi connectivity index (χ0n) is 18.8. The Labute approximate surface area is 199 Å². The van der Waals surface area contributed by atoms with Crippen molar-refractivity contribution in [2.75, 3.05) is 7.11 Å². The fourth-order valence-corrected chi connectivity index (χ4v) is 4.35. The van der Waals surface area contributed by atoms with Crippen LogP contribution in [-0.4, -0.2) is 28.3 Å². The number of pyridine rings is 1. The van der Waals surface area contributed by atoms with Gasteiger partial charge < -0.3 is 19.4 Å². The molecular weight excluding hydrogens is 446 g/mol. The number of methoxy groups -OCH3 is 1. The highest BCUT2D eigenvalue weighted by atomic mass is 16.5. The van der Waals surface area contributed by atoms with Crippen molar-refractivity contribution in [3.8, 4) is 22.8 Å². The summed E-state index contributed by atoms with van der Waals surface area (Å²) in [5.41, 5.74) is 1.86. The maximum atomic E-state index is 13.1. The van der Waals surface area contributed by atoms with Crippen LogP contribution in [0, 0.1) is 0 Å². The molecule has 7 nitrogen and oxygen atoms in total. The summed E-state index contributed by atoms with van der Waals surface area (Å²) in [6.45, 7) is 0. The number of carbonyl (C=O) groups excluding carboxylic acids is 1. The van der Waals surface area contributed by atoms with E-state index in [1.54, 1.807) is 30.5 Å². The molecule has 0 saturated heterocycles. The minimum atomic E-state index is -0.732. The van der Waals surface area contributed by atoms with Gasteiger partial charge in [-0.25, -0.2) is 0 Å². The van der Waals surface area contributed by atoms with Crippen LogP contribution in [0.15, 0.2) is 88.2 Å². The van der Waals surface area contributed by atoms with Crippen LogP contribution < -0.4 is 5.43 Å². The number of aromatic hydroxyl groups is 2. The summed E-state index contributed by atoms with van der Waals surface area (Å²) < 4.78 is 11.1. The maximum absolute atomic E-state index is 13.1. The number of hydrogen-bond donors (Lipinski definition) is 2. The van der Waals surface area contributed by atoms with E-state index in [1.165, 1.54) is 13.2 Å². The molecule has 2 aromatic heterocycles. The van der Waals surface area contributed by atoms with Crippen LogP contribution in [0.3, 0.4) is 0 Å². The Bertz CT molecular complexity index is 1620. The fraction of sp³-hybridized carbons (Fsp3) is 0.107. The minimum Gasteiger partial charge on any atom is -0.507 e. The smallest absolute Gasteiger partial charge is 0.306 e. The van der Waals surface area contributed by atoms with Crippen molar-refractivity contribution < 1.29 is 24.2 Å². The van der Waals surface area contributed by atoms with Crippen molar-refractivity contribution in [3.05, 3.63) is 100 Å².